The molecule has 0 aliphatic heterocycles. The lowest BCUT2D eigenvalue weighted by atomic mass is 10.4. The van der Waals surface area contributed by atoms with Crippen LogP contribution in [-0.4, -0.2) is 12.1 Å². The van der Waals surface area contributed by atoms with Gasteiger partial charge in [-0.25, -0.2) is 4.98 Å². The summed E-state index contributed by atoms with van der Waals surface area (Å²) in [4.78, 5) is 2.73. The van der Waals surface area contributed by atoms with Crippen molar-refractivity contribution in [2.24, 2.45) is 0 Å². The van der Waals surface area contributed by atoms with E-state index in [1.54, 1.807) is 0 Å². The van der Waals surface area contributed by atoms with Gasteiger partial charge in [0, 0.05) is 7.11 Å². The summed E-state index contributed by atoms with van der Waals surface area (Å²) in [6, 6.07) is 0. The first-order chi connectivity index (χ1) is 5.95. The Morgan fingerprint density at radius 1 is 1.54 bits per heavy atom. The van der Waals surface area contributed by atoms with Crippen LogP contribution in [0.5, 0.6) is 0 Å². The summed E-state index contributed by atoms with van der Waals surface area (Å²) in [5.41, 5.74) is 5.00. The number of nitrogens with zero attached hydrogens (tertiary/aromatic N) is 1. The van der Waals surface area contributed by atoms with Crippen molar-refractivity contribution < 1.29 is 17.9 Å². The Hall–Kier alpha value is -0.820. The highest BCUT2D eigenvalue weighted by Gasteiger charge is 2.36. The van der Waals surface area contributed by atoms with Crippen LogP contribution in [0.25, 0.3) is 0 Å². The molecule has 0 aliphatic rings. The van der Waals surface area contributed by atoms with E-state index in [-0.39, 0.29) is 17.4 Å². The molecule has 0 fully saturated rings. The van der Waals surface area contributed by atoms with Crippen LogP contribution in [-0.2, 0) is 17.5 Å². The quantitative estimate of drug-likeness (QED) is 0.814. The zero-order chi connectivity index (χ0) is 10.1. The first kappa shape index (κ1) is 10.3. The molecule has 0 saturated heterocycles. The van der Waals surface area contributed by atoms with E-state index < -0.39 is 11.1 Å². The molecule has 0 atom stereocenters. The van der Waals surface area contributed by atoms with Gasteiger partial charge in [0.25, 0.3) is 0 Å². The summed E-state index contributed by atoms with van der Waals surface area (Å²) in [7, 11) is 1.30. The molecule has 3 nitrogen and oxygen atoms in total. The standard InChI is InChI=1S/C6H7F3N2OS/c1-12-2-3-4(6(7,8)9)13-5(10)11-3/h2H2,1H3,(H2,10,11). The molecule has 74 valence electrons. The highest BCUT2D eigenvalue weighted by atomic mass is 32.1. The summed E-state index contributed by atoms with van der Waals surface area (Å²) in [6.07, 6.45) is -4.40. The summed E-state index contributed by atoms with van der Waals surface area (Å²) in [6.45, 7) is -0.178. The summed E-state index contributed by atoms with van der Waals surface area (Å²) in [5, 5.41) is -0.0978. The van der Waals surface area contributed by atoms with Crippen LogP contribution in [0.15, 0.2) is 0 Å². The second-order valence-corrected chi connectivity index (χ2v) is 3.29. The lowest BCUT2D eigenvalue weighted by Crippen LogP contribution is -2.06. The molecule has 13 heavy (non-hydrogen) atoms. The van der Waals surface area contributed by atoms with Crippen LogP contribution >= 0.6 is 11.3 Å². The largest absolute Gasteiger partial charge is 0.427 e. The van der Waals surface area contributed by atoms with Gasteiger partial charge < -0.3 is 10.5 Å². The summed E-state index contributed by atoms with van der Waals surface area (Å²) in [5.74, 6) is 0. The second-order valence-electron chi connectivity index (χ2n) is 2.26. The molecule has 0 saturated carbocycles. The number of methoxy groups -OCH3 is 1. The number of alkyl halides is 3. The van der Waals surface area contributed by atoms with E-state index in [0.29, 0.717) is 11.3 Å². The Kier molecular flexibility index (Phi) is 2.77. The maximum atomic E-state index is 12.2. The molecule has 7 heteroatoms. The van der Waals surface area contributed by atoms with Gasteiger partial charge in [-0.05, 0) is 0 Å². The van der Waals surface area contributed by atoms with Crippen LogP contribution < -0.4 is 5.73 Å². The second kappa shape index (κ2) is 3.51. The van der Waals surface area contributed by atoms with Crippen LogP contribution in [0, 0.1) is 0 Å². The van der Waals surface area contributed by atoms with Crippen molar-refractivity contribution in [1.29, 1.82) is 0 Å². The number of anilines is 1. The number of halogens is 3. The number of thiazole rings is 1. The number of hydrogen-bond acceptors (Lipinski definition) is 4. The van der Waals surface area contributed by atoms with Crippen LogP contribution in [0.4, 0.5) is 18.3 Å². The fourth-order valence-electron chi connectivity index (χ4n) is 0.826. The third kappa shape index (κ3) is 2.31. The Morgan fingerprint density at radius 2 is 2.15 bits per heavy atom. The predicted octanol–water partition coefficient (Wildman–Crippen LogP) is 1.89. The van der Waals surface area contributed by atoms with Crippen molar-refractivity contribution in [2.75, 3.05) is 12.8 Å². The number of aromatic nitrogens is 1. The Morgan fingerprint density at radius 3 is 2.62 bits per heavy atom. The van der Waals surface area contributed by atoms with Gasteiger partial charge in [-0.1, -0.05) is 11.3 Å². The minimum atomic E-state index is -4.40. The van der Waals surface area contributed by atoms with Crippen molar-refractivity contribution in [3.63, 3.8) is 0 Å². The average Bonchev–Trinajstić information content (AvgIpc) is 2.30. The smallest absolute Gasteiger partial charge is 0.378 e. The molecule has 0 bridgehead atoms. The number of rotatable bonds is 2. The van der Waals surface area contributed by atoms with E-state index in [9.17, 15) is 13.2 Å². The normalized spacial score (nSPS) is 12.0. The average molecular weight is 212 g/mol. The molecule has 1 aromatic rings. The summed E-state index contributed by atoms with van der Waals surface area (Å²) >= 11 is 0.423. The van der Waals surface area contributed by atoms with Gasteiger partial charge in [0.05, 0.1) is 12.3 Å². The van der Waals surface area contributed by atoms with Crippen molar-refractivity contribution in [3.05, 3.63) is 10.6 Å². The maximum absolute atomic E-state index is 12.2. The molecule has 0 unspecified atom stereocenters. The molecule has 0 spiro atoms. The molecule has 0 radical (unpaired) electrons. The van der Waals surface area contributed by atoms with E-state index in [1.165, 1.54) is 7.11 Å². The molecule has 0 aromatic carbocycles. The van der Waals surface area contributed by atoms with E-state index in [4.69, 9.17) is 5.73 Å². The van der Waals surface area contributed by atoms with Crippen molar-refractivity contribution in [2.45, 2.75) is 12.8 Å². The van der Waals surface area contributed by atoms with Crippen molar-refractivity contribution in [1.82, 2.24) is 4.98 Å². The maximum Gasteiger partial charge on any atom is 0.427 e. The van der Waals surface area contributed by atoms with Gasteiger partial charge in [-0.2, -0.15) is 13.2 Å². The Labute approximate surface area is 76.3 Å². The van der Waals surface area contributed by atoms with E-state index in [0.717, 1.165) is 0 Å². The minimum Gasteiger partial charge on any atom is -0.378 e. The van der Waals surface area contributed by atoms with Crippen LogP contribution in [0.1, 0.15) is 10.6 Å². The molecule has 0 aliphatic carbocycles. The fourth-order valence-corrected chi connectivity index (χ4v) is 1.53. The number of nitrogen functional groups attached to an aromatic ring is 1. The fraction of sp³-hybridized carbons (Fsp3) is 0.500. The van der Waals surface area contributed by atoms with Gasteiger partial charge in [0.2, 0.25) is 0 Å². The molecule has 0 amide bonds. The molecular weight excluding hydrogens is 205 g/mol. The predicted molar refractivity (Wildman–Crippen MR) is 42.2 cm³/mol. The lowest BCUT2D eigenvalue weighted by molar-refractivity contribution is -0.135. The van der Waals surface area contributed by atoms with Gasteiger partial charge >= 0.3 is 6.18 Å². The molecule has 1 rings (SSSR count). The van der Waals surface area contributed by atoms with Gasteiger partial charge in [-0.15, -0.1) is 0 Å². The molecule has 1 aromatic heterocycles. The number of nitrogens with two attached hydrogens (primary N) is 1. The van der Waals surface area contributed by atoms with Crippen LogP contribution in [0.2, 0.25) is 0 Å². The molecule has 2 N–H and O–H groups in total. The topological polar surface area (TPSA) is 48.1 Å². The van der Waals surface area contributed by atoms with Gasteiger partial charge in [0.1, 0.15) is 4.88 Å². The Bertz CT molecular complexity index is 297. The van der Waals surface area contributed by atoms with Crippen LogP contribution in [0.3, 0.4) is 0 Å². The third-order valence-corrected chi connectivity index (χ3v) is 2.22. The monoisotopic (exact) mass is 212 g/mol. The van der Waals surface area contributed by atoms with E-state index in [2.05, 4.69) is 9.72 Å². The molecular formula is C6H7F3N2OS. The summed E-state index contributed by atoms with van der Waals surface area (Å²) < 4.78 is 41.3. The third-order valence-electron chi connectivity index (χ3n) is 1.25. The zero-order valence-corrected chi connectivity index (χ0v) is 7.50. The van der Waals surface area contributed by atoms with Crippen molar-refractivity contribution >= 4 is 16.5 Å². The van der Waals surface area contributed by atoms with Gasteiger partial charge in [-0.3, -0.25) is 0 Å². The van der Waals surface area contributed by atoms with E-state index in [1.807, 2.05) is 0 Å². The number of ether oxygens (including phenoxy) is 1. The number of hydrogen-bond donors (Lipinski definition) is 1. The van der Waals surface area contributed by atoms with Crippen molar-refractivity contribution in [3.8, 4) is 0 Å². The highest BCUT2D eigenvalue weighted by Crippen LogP contribution is 2.37. The Balaban J connectivity index is 3.04. The lowest BCUT2D eigenvalue weighted by Gasteiger charge is -2.04. The SMILES string of the molecule is COCc1nc(N)sc1C(F)(F)F. The first-order valence-corrected chi connectivity index (χ1v) is 4.08. The van der Waals surface area contributed by atoms with E-state index >= 15 is 0 Å². The highest BCUT2D eigenvalue weighted by molar-refractivity contribution is 7.15. The zero-order valence-electron chi connectivity index (χ0n) is 6.68. The minimum absolute atomic E-state index is 0.0978. The van der Waals surface area contributed by atoms with Gasteiger partial charge in [0.15, 0.2) is 5.13 Å². The first-order valence-electron chi connectivity index (χ1n) is 3.26. The molecule has 1 heterocycles.